The van der Waals surface area contributed by atoms with E-state index in [2.05, 4.69) is 79.4 Å². The Morgan fingerprint density at radius 2 is 1.60 bits per heavy atom. The third kappa shape index (κ3) is 8.63. The van der Waals surface area contributed by atoms with Gasteiger partial charge < -0.3 is 34.2 Å². The molecule has 1 heterocycles. The van der Waals surface area contributed by atoms with Gasteiger partial charge in [-0.15, -0.1) is 6.58 Å². The third-order valence-corrected chi connectivity index (χ3v) is 13.7. The third-order valence-electron chi connectivity index (χ3n) is 13.7. The number of aliphatic hydroxyl groups is 2. The van der Waals surface area contributed by atoms with Crippen LogP contribution in [-0.2, 0) is 20.9 Å². The molecule has 9 nitrogen and oxygen atoms in total. The van der Waals surface area contributed by atoms with Gasteiger partial charge in [0.25, 0.3) is 0 Å². The van der Waals surface area contributed by atoms with Crippen LogP contribution in [0.3, 0.4) is 0 Å². The van der Waals surface area contributed by atoms with Crippen molar-refractivity contribution < 1.29 is 34.1 Å². The van der Waals surface area contributed by atoms with Crippen LogP contribution in [0.4, 0.5) is 0 Å². The molecule has 5 aromatic carbocycles. The van der Waals surface area contributed by atoms with Crippen LogP contribution in [0.15, 0.2) is 133 Å². The van der Waals surface area contributed by atoms with Gasteiger partial charge in [-0.25, -0.2) is 0 Å². The second-order valence-corrected chi connectivity index (χ2v) is 17.7. The highest BCUT2D eigenvalue weighted by Crippen LogP contribution is 2.62. The first-order valence-electron chi connectivity index (χ1n) is 23.1. The van der Waals surface area contributed by atoms with Crippen molar-refractivity contribution in [3.8, 4) is 17.2 Å². The van der Waals surface area contributed by atoms with Crippen LogP contribution < -0.4 is 9.47 Å². The van der Waals surface area contributed by atoms with Crippen LogP contribution in [0, 0.1) is 23.7 Å². The van der Waals surface area contributed by atoms with E-state index in [0.717, 1.165) is 88.2 Å². The van der Waals surface area contributed by atoms with Crippen molar-refractivity contribution in [1.82, 2.24) is 4.90 Å². The van der Waals surface area contributed by atoms with Gasteiger partial charge in [0.1, 0.15) is 29.9 Å². The number of ether oxygens (including phenoxy) is 3. The first kappa shape index (κ1) is 42.8. The molecular formula is C54H60N2O7. The molecule has 2 saturated carbocycles. The highest BCUT2D eigenvalue weighted by atomic mass is 16.7. The van der Waals surface area contributed by atoms with Gasteiger partial charge >= 0.3 is 0 Å². The van der Waals surface area contributed by atoms with Crippen LogP contribution in [0.2, 0.25) is 0 Å². The number of hydrogen-bond acceptors (Lipinski definition) is 8. The maximum atomic E-state index is 15.0. The number of unbranched alkanes of at least 4 members (excludes halogenated alkanes) is 2. The fraction of sp³-hybridized carbons (Fsp3) is 0.407. The Labute approximate surface area is 371 Å². The zero-order valence-corrected chi connectivity index (χ0v) is 36.4. The van der Waals surface area contributed by atoms with Crippen LogP contribution in [0.5, 0.6) is 17.2 Å². The maximum absolute atomic E-state index is 15.0. The summed E-state index contributed by atoms with van der Waals surface area (Å²) in [5, 5.41) is 29.4. The molecule has 6 unspecified atom stereocenters. The molecule has 6 atom stereocenters. The van der Waals surface area contributed by atoms with Gasteiger partial charge in [0.05, 0.1) is 18.2 Å². The number of fused-ring (bicyclic) bond motifs is 4. The van der Waals surface area contributed by atoms with E-state index < -0.39 is 17.7 Å². The van der Waals surface area contributed by atoms with Crippen LogP contribution in [0.25, 0.3) is 21.5 Å². The van der Waals surface area contributed by atoms with Gasteiger partial charge in [-0.1, -0.05) is 103 Å². The van der Waals surface area contributed by atoms with Crippen LogP contribution in [0.1, 0.15) is 81.8 Å². The molecular weight excluding hydrogens is 789 g/mol. The number of hydrogen-bond donors (Lipinski definition) is 2. The fourth-order valence-electron chi connectivity index (χ4n) is 10.7. The summed E-state index contributed by atoms with van der Waals surface area (Å²) >= 11 is 0. The van der Waals surface area contributed by atoms with Gasteiger partial charge in [0, 0.05) is 43.6 Å². The van der Waals surface area contributed by atoms with Crippen molar-refractivity contribution in [2.45, 2.75) is 89.0 Å². The minimum Gasteiger partial charge on any atom is -0.459 e. The molecule has 0 bridgehead atoms. The van der Waals surface area contributed by atoms with Crippen molar-refractivity contribution in [1.29, 1.82) is 0 Å². The average molecular weight is 849 g/mol. The van der Waals surface area contributed by atoms with E-state index in [9.17, 15) is 10.2 Å². The highest BCUT2D eigenvalue weighted by Gasteiger charge is 2.66. The molecule has 5 aromatic rings. The maximum Gasteiger partial charge on any atom is 0.239 e. The monoisotopic (exact) mass is 848 g/mol. The van der Waals surface area contributed by atoms with E-state index >= 15 is 4.79 Å². The quantitative estimate of drug-likeness (QED) is 0.0484. The van der Waals surface area contributed by atoms with Crippen LogP contribution in [-0.4, -0.2) is 65.0 Å². The van der Waals surface area contributed by atoms with Gasteiger partial charge in [-0.05, 0) is 120 Å². The number of benzene rings is 5. The first-order chi connectivity index (χ1) is 31.0. The van der Waals surface area contributed by atoms with Crippen molar-refractivity contribution in [3.05, 3.63) is 139 Å². The molecule has 1 amide bonds. The van der Waals surface area contributed by atoms with E-state index in [1.807, 2.05) is 48.2 Å². The lowest BCUT2D eigenvalue weighted by molar-refractivity contribution is -0.258. The van der Waals surface area contributed by atoms with Gasteiger partial charge in [-0.3, -0.25) is 4.79 Å². The van der Waals surface area contributed by atoms with Crippen molar-refractivity contribution in [3.63, 3.8) is 0 Å². The van der Waals surface area contributed by atoms with E-state index in [1.165, 1.54) is 0 Å². The number of carbonyl (C=O) groups is 1. The summed E-state index contributed by atoms with van der Waals surface area (Å²) in [6.45, 7) is 7.27. The molecule has 4 aliphatic rings. The Morgan fingerprint density at radius 3 is 2.38 bits per heavy atom. The van der Waals surface area contributed by atoms with E-state index in [0.29, 0.717) is 43.9 Å². The molecule has 328 valence electrons. The molecule has 9 rings (SSSR count). The SMILES string of the molecule is C=CCOC12Oc3ccc(Oc4ccc5ccccc5c4)cc3C3C(CCCCO)C(CCCCO)C=C(C(=NOCC)CC1N(Cc1cccc4ccccc14)C(=O)C1CC1)C32. The second kappa shape index (κ2) is 19.1. The predicted octanol–water partition coefficient (Wildman–Crippen LogP) is 10.9. The first-order valence-corrected chi connectivity index (χ1v) is 23.1. The lowest BCUT2D eigenvalue weighted by Crippen LogP contribution is -2.70. The number of nitrogens with zero attached hydrogens (tertiary/aromatic N) is 2. The number of carbonyl (C=O) groups excluding carboxylic acids is 1. The Balaban J connectivity index is 1.24. The Bertz CT molecular complexity index is 2490. The van der Waals surface area contributed by atoms with Gasteiger partial charge in [0.2, 0.25) is 11.7 Å². The van der Waals surface area contributed by atoms with E-state index in [-0.39, 0.29) is 49.4 Å². The highest BCUT2D eigenvalue weighted by molar-refractivity contribution is 6.03. The van der Waals surface area contributed by atoms with Crippen molar-refractivity contribution in [2.24, 2.45) is 28.8 Å². The number of aliphatic hydroxyl groups excluding tert-OH is 2. The summed E-state index contributed by atoms with van der Waals surface area (Å²) in [6, 6.07) is 34.6. The lowest BCUT2D eigenvalue weighted by atomic mass is 9.55. The largest absolute Gasteiger partial charge is 0.459 e. The second-order valence-electron chi connectivity index (χ2n) is 17.7. The Kier molecular flexibility index (Phi) is 13.0. The fourth-order valence-corrected chi connectivity index (χ4v) is 10.7. The molecule has 0 saturated heterocycles. The molecule has 63 heavy (non-hydrogen) atoms. The summed E-state index contributed by atoms with van der Waals surface area (Å²) in [7, 11) is 0. The summed E-state index contributed by atoms with van der Waals surface area (Å²) < 4.78 is 21.4. The number of oxime groups is 1. The molecule has 2 N–H and O–H groups in total. The molecule has 1 aliphatic heterocycles. The van der Waals surface area contributed by atoms with Crippen molar-refractivity contribution in [2.75, 3.05) is 26.4 Å². The zero-order valence-electron chi connectivity index (χ0n) is 36.4. The summed E-state index contributed by atoms with van der Waals surface area (Å²) in [5.41, 5.74) is 3.91. The molecule has 0 aromatic heterocycles. The van der Waals surface area contributed by atoms with Crippen molar-refractivity contribution >= 4 is 33.2 Å². The Hall–Kier alpha value is -5.48. The summed E-state index contributed by atoms with van der Waals surface area (Å²) in [4.78, 5) is 23.1. The standard InChI is InChI=1S/C54H60N2O7/c1-3-30-60-54-50(56(53(59)38-22-23-38)35-41-19-13-18-37-15-7-8-20-44(37)41)34-48(55-61-4-2)46-32-40(17-9-11-28-57)45(21-10-12-29-58)51(52(46)54)47-33-43(26-27-49(47)63-54)62-42-25-24-36-14-5-6-16-39(36)31-42/h3,5-8,13-16,18-20,24-27,31-33,38,40,45,50-52,57-58H,1,4,9-12,17,21-23,28-30,34-35H2,2H3. The Morgan fingerprint density at radius 1 is 0.873 bits per heavy atom. The number of rotatable bonds is 19. The topological polar surface area (TPSA) is 110 Å². The molecule has 0 spiro atoms. The average Bonchev–Trinajstić information content (AvgIpc) is 4.17. The molecule has 9 heteroatoms. The van der Waals surface area contributed by atoms with E-state index in [1.54, 1.807) is 6.08 Å². The lowest BCUT2D eigenvalue weighted by Gasteiger charge is -2.60. The molecule has 0 radical (unpaired) electrons. The van der Waals surface area contributed by atoms with Gasteiger partial charge in [-0.2, -0.15) is 0 Å². The van der Waals surface area contributed by atoms with Gasteiger partial charge in [0.15, 0.2) is 0 Å². The zero-order chi connectivity index (χ0) is 43.3. The number of amides is 1. The van der Waals surface area contributed by atoms with E-state index in [4.69, 9.17) is 24.2 Å². The molecule has 2 fully saturated rings. The predicted molar refractivity (Wildman–Crippen MR) is 248 cm³/mol. The minimum atomic E-state index is -1.33. The smallest absolute Gasteiger partial charge is 0.239 e. The summed E-state index contributed by atoms with van der Waals surface area (Å²) in [5.74, 6) is 0.524. The number of allylic oxidation sites excluding steroid dienone is 1. The van der Waals surface area contributed by atoms with Crippen LogP contribution >= 0.6 is 0 Å². The normalized spacial score (nSPS) is 24.3. The molecule has 3 aliphatic carbocycles. The summed E-state index contributed by atoms with van der Waals surface area (Å²) in [6.07, 6.45) is 11.1. The minimum absolute atomic E-state index is 0.0735.